The minimum atomic E-state index is -3.19. The van der Waals surface area contributed by atoms with Gasteiger partial charge in [0.2, 0.25) is 5.91 Å². The number of aryl methyl sites for hydroxylation is 1. The van der Waals surface area contributed by atoms with Crippen molar-refractivity contribution in [1.82, 2.24) is 14.8 Å². The number of carbonyl (C=O) groups is 2. The van der Waals surface area contributed by atoms with Gasteiger partial charge < -0.3 is 19.9 Å². The number of H-pyrrole nitrogens is 1. The molecule has 3 heterocycles. The largest absolute Gasteiger partial charge is 0.481 e. The molecule has 0 bridgehead atoms. The number of halogens is 1. The van der Waals surface area contributed by atoms with Crippen LogP contribution in [0.5, 0.6) is 0 Å². The van der Waals surface area contributed by atoms with Gasteiger partial charge >= 0.3 is 0 Å². The molecule has 2 N–H and O–H groups in total. The summed E-state index contributed by atoms with van der Waals surface area (Å²) >= 11 is 0. The molecule has 31 heavy (non-hydrogen) atoms. The molecule has 0 aliphatic carbocycles. The lowest BCUT2D eigenvalue weighted by molar-refractivity contribution is -0.134. The van der Waals surface area contributed by atoms with E-state index in [9.17, 15) is 17.6 Å². The van der Waals surface area contributed by atoms with Gasteiger partial charge in [-0.15, -0.1) is 0 Å². The fourth-order valence-electron chi connectivity index (χ4n) is 4.61. The van der Waals surface area contributed by atoms with E-state index in [1.807, 2.05) is 25.9 Å². The minimum absolute atomic E-state index is 0.0459. The topological polar surface area (TPSA) is 111 Å². The number of fused-ring (bicyclic) bond motifs is 2. The third kappa shape index (κ3) is 4.74. The molecule has 0 unspecified atom stereocenters. The number of aromatic amines is 1. The smallest absolute Gasteiger partial charge is 0.300 e. The maximum Gasteiger partial charge on any atom is 0.300 e. The number of likely N-dealkylation sites (tertiary alicyclic amines) is 1. The molecular weight excluding hydrogens is 425 g/mol. The number of carboxylic acids is 1. The number of amides is 1. The number of carbonyl (C=O) groups excluding carboxylic acids is 1. The Morgan fingerprint density at radius 1 is 1.29 bits per heavy atom. The quantitative estimate of drug-likeness (QED) is 0.728. The first-order valence-electron chi connectivity index (χ1n) is 10.0. The van der Waals surface area contributed by atoms with Crippen molar-refractivity contribution in [3.63, 3.8) is 0 Å². The highest BCUT2D eigenvalue weighted by Crippen LogP contribution is 2.36. The summed E-state index contributed by atoms with van der Waals surface area (Å²) in [5.41, 5.74) is 2.41. The van der Waals surface area contributed by atoms with Gasteiger partial charge in [0, 0.05) is 48.6 Å². The standard InChI is InChI=1S/C19H24FN3O3S.C2H4O2/c1-11-13(14-6-12(20)4-5-16(14)21-11)7-19(24)23-8-15-17(22(2)3)10-27(25,26)18(15)9-23;1-2(3)4/h4-6,15,17-18,21H,7-10H2,1-3H3;1H3,(H,3,4)/t15-,17+,18-;/m0./s1. The van der Waals surface area contributed by atoms with Crippen molar-refractivity contribution >= 4 is 32.6 Å². The highest BCUT2D eigenvalue weighted by atomic mass is 32.2. The third-order valence-corrected chi connectivity index (χ3v) is 8.32. The van der Waals surface area contributed by atoms with Crippen LogP contribution in [0.3, 0.4) is 0 Å². The lowest BCUT2D eigenvalue weighted by Crippen LogP contribution is -2.39. The summed E-state index contributed by atoms with van der Waals surface area (Å²) in [4.78, 5) is 28.7. The average molecular weight is 454 g/mol. The van der Waals surface area contributed by atoms with E-state index in [4.69, 9.17) is 9.90 Å². The zero-order chi connectivity index (χ0) is 23.1. The van der Waals surface area contributed by atoms with Gasteiger partial charge in [0.05, 0.1) is 17.4 Å². The van der Waals surface area contributed by atoms with E-state index in [1.165, 1.54) is 12.1 Å². The number of aliphatic carboxylic acids is 1. The monoisotopic (exact) mass is 453 g/mol. The van der Waals surface area contributed by atoms with Crippen molar-refractivity contribution in [2.75, 3.05) is 32.9 Å². The average Bonchev–Trinajstić information content (AvgIpc) is 3.28. The summed E-state index contributed by atoms with van der Waals surface area (Å²) in [6, 6.07) is 4.44. The van der Waals surface area contributed by atoms with Gasteiger partial charge in [-0.05, 0) is 44.8 Å². The van der Waals surface area contributed by atoms with Crippen molar-refractivity contribution in [2.24, 2.45) is 5.92 Å². The van der Waals surface area contributed by atoms with E-state index < -0.39 is 21.1 Å². The molecule has 3 atom stereocenters. The first kappa shape index (κ1) is 23.2. The second kappa shape index (κ2) is 8.58. The molecule has 10 heteroatoms. The van der Waals surface area contributed by atoms with Gasteiger partial charge in [0.25, 0.3) is 5.97 Å². The molecule has 2 aliphatic rings. The maximum absolute atomic E-state index is 13.6. The van der Waals surface area contributed by atoms with E-state index >= 15 is 0 Å². The number of hydrogen-bond acceptors (Lipinski definition) is 5. The summed E-state index contributed by atoms with van der Waals surface area (Å²) in [5.74, 6) is -1.16. The molecule has 0 radical (unpaired) electrons. The van der Waals surface area contributed by atoms with Crippen LogP contribution in [0, 0.1) is 18.7 Å². The Labute approximate surface area is 180 Å². The van der Waals surface area contributed by atoms with Crippen molar-refractivity contribution in [1.29, 1.82) is 0 Å². The Hall–Kier alpha value is -2.46. The first-order valence-corrected chi connectivity index (χ1v) is 11.7. The Bertz CT molecular complexity index is 1110. The van der Waals surface area contributed by atoms with E-state index in [2.05, 4.69) is 4.98 Å². The molecule has 1 aromatic heterocycles. The lowest BCUT2D eigenvalue weighted by atomic mass is 10.00. The number of sulfone groups is 1. The molecular formula is C21H28FN3O5S. The number of aromatic nitrogens is 1. The number of nitrogens with zero attached hydrogens (tertiary/aromatic N) is 2. The van der Waals surface area contributed by atoms with Crippen LogP contribution in [-0.2, 0) is 25.8 Å². The molecule has 170 valence electrons. The van der Waals surface area contributed by atoms with Gasteiger partial charge in [-0.1, -0.05) is 0 Å². The van der Waals surface area contributed by atoms with Crippen molar-refractivity contribution in [3.8, 4) is 0 Å². The molecule has 8 nitrogen and oxygen atoms in total. The first-order chi connectivity index (χ1) is 14.4. The summed E-state index contributed by atoms with van der Waals surface area (Å²) < 4.78 is 38.6. The lowest BCUT2D eigenvalue weighted by Gasteiger charge is -2.25. The fourth-order valence-corrected chi connectivity index (χ4v) is 7.09. The molecule has 2 aliphatic heterocycles. The number of hydrogen-bond donors (Lipinski definition) is 2. The second-order valence-corrected chi connectivity index (χ2v) is 10.7. The van der Waals surface area contributed by atoms with E-state index in [-0.39, 0.29) is 42.4 Å². The van der Waals surface area contributed by atoms with Gasteiger partial charge in [-0.25, -0.2) is 12.8 Å². The van der Waals surface area contributed by atoms with Gasteiger partial charge in [-0.3, -0.25) is 9.59 Å². The van der Waals surface area contributed by atoms with Gasteiger partial charge in [0.1, 0.15) is 5.82 Å². The van der Waals surface area contributed by atoms with Crippen molar-refractivity contribution < 1.29 is 27.5 Å². The molecule has 0 spiro atoms. The van der Waals surface area contributed by atoms with Crippen LogP contribution >= 0.6 is 0 Å². The zero-order valence-electron chi connectivity index (χ0n) is 18.1. The molecule has 0 saturated carbocycles. The van der Waals surface area contributed by atoms with Crippen LogP contribution in [0.2, 0.25) is 0 Å². The number of benzene rings is 1. The van der Waals surface area contributed by atoms with Crippen LogP contribution in [-0.4, -0.2) is 84.4 Å². The Balaban J connectivity index is 0.000000628. The van der Waals surface area contributed by atoms with Crippen LogP contribution in [0.25, 0.3) is 10.9 Å². The van der Waals surface area contributed by atoms with Crippen molar-refractivity contribution in [3.05, 3.63) is 35.3 Å². The van der Waals surface area contributed by atoms with Crippen LogP contribution in [0.15, 0.2) is 18.2 Å². The van der Waals surface area contributed by atoms with Gasteiger partial charge in [-0.2, -0.15) is 0 Å². The molecule has 1 aromatic carbocycles. The molecule has 2 aromatic rings. The predicted molar refractivity (Wildman–Crippen MR) is 115 cm³/mol. The highest BCUT2D eigenvalue weighted by molar-refractivity contribution is 7.92. The molecule has 4 rings (SSSR count). The van der Waals surface area contributed by atoms with Crippen LogP contribution < -0.4 is 0 Å². The Morgan fingerprint density at radius 2 is 1.94 bits per heavy atom. The maximum atomic E-state index is 13.6. The summed E-state index contributed by atoms with van der Waals surface area (Å²) in [6.45, 7) is 3.67. The zero-order valence-corrected chi connectivity index (χ0v) is 18.9. The summed E-state index contributed by atoms with van der Waals surface area (Å²) in [5, 5.41) is 7.65. The van der Waals surface area contributed by atoms with E-state index in [0.717, 1.165) is 23.7 Å². The summed E-state index contributed by atoms with van der Waals surface area (Å²) in [7, 11) is 0.585. The highest BCUT2D eigenvalue weighted by Gasteiger charge is 2.53. The Kier molecular flexibility index (Phi) is 6.43. The number of nitrogens with one attached hydrogen (secondary N) is 1. The summed E-state index contributed by atoms with van der Waals surface area (Å²) in [6.07, 6.45) is 0.140. The van der Waals surface area contributed by atoms with Crippen molar-refractivity contribution in [2.45, 2.75) is 31.6 Å². The molecule has 2 fully saturated rings. The van der Waals surface area contributed by atoms with E-state index in [0.29, 0.717) is 11.9 Å². The number of carboxylic acid groups (broad SMARTS) is 1. The third-order valence-electron chi connectivity index (χ3n) is 6.09. The number of rotatable bonds is 3. The predicted octanol–water partition coefficient (Wildman–Crippen LogP) is 1.43. The fraction of sp³-hybridized carbons (Fsp3) is 0.524. The second-order valence-electron chi connectivity index (χ2n) is 8.48. The minimum Gasteiger partial charge on any atom is -0.481 e. The van der Waals surface area contributed by atoms with E-state index in [1.54, 1.807) is 11.0 Å². The van der Waals surface area contributed by atoms with Gasteiger partial charge in [0.15, 0.2) is 9.84 Å². The molecule has 2 saturated heterocycles. The Morgan fingerprint density at radius 3 is 2.55 bits per heavy atom. The van der Waals surface area contributed by atoms with Crippen LogP contribution in [0.1, 0.15) is 18.2 Å². The molecule has 1 amide bonds. The van der Waals surface area contributed by atoms with Crippen LogP contribution in [0.4, 0.5) is 4.39 Å². The SMILES string of the molecule is CC(=O)O.Cc1[nH]c2ccc(F)cc2c1CC(=O)N1C[C@H]2[C@H](N(C)C)CS(=O)(=O)[C@H]2C1. The normalized spacial score (nSPS) is 24.2.